The molecular formula is C16H13ClO2. The van der Waals surface area contributed by atoms with Gasteiger partial charge in [-0.3, -0.25) is 0 Å². The molecule has 0 spiro atoms. The Labute approximate surface area is 117 Å². The maximum atomic E-state index is 11.1. The lowest BCUT2D eigenvalue weighted by molar-refractivity contribution is 0.0696. The number of aryl methyl sites for hydroxylation is 1. The summed E-state index contributed by atoms with van der Waals surface area (Å²) in [7, 11) is 0. The van der Waals surface area contributed by atoms with Crippen molar-refractivity contribution in [2.45, 2.75) is 6.92 Å². The summed E-state index contributed by atoms with van der Waals surface area (Å²) >= 11 is 5.99. The van der Waals surface area contributed by atoms with Crippen molar-refractivity contribution in [1.82, 2.24) is 0 Å². The number of carboxylic acid groups (broad SMARTS) is 1. The molecule has 2 nitrogen and oxygen atoms in total. The fourth-order valence-electron chi connectivity index (χ4n) is 1.88. The molecule has 0 aliphatic rings. The van der Waals surface area contributed by atoms with Gasteiger partial charge in [-0.15, -0.1) is 0 Å². The lowest BCUT2D eigenvalue weighted by Gasteiger charge is -2.01. The van der Waals surface area contributed by atoms with Crippen LogP contribution in [0.15, 0.2) is 42.5 Å². The van der Waals surface area contributed by atoms with E-state index in [-0.39, 0.29) is 5.56 Å². The summed E-state index contributed by atoms with van der Waals surface area (Å²) in [5, 5.41) is 9.77. The molecule has 0 saturated heterocycles. The van der Waals surface area contributed by atoms with Crippen LogP contribution < -0.4 is 0 Å². The van der Waals surface area contributed by atoms with Crippen molar-refractivity contribution in [1.29, 1.82) is 0 Å². The van der Waals surface area contributed by atoms with Gasteiger partial charge in [-0.2, -0.15) is 0 Å². The van der Waals surface area contributed by atoms with E-state index < -0.39 is 5.97 Å². The standard InChI is InChI=1S/C16H13ClO2/c1-11-8-12(10-14(17)9-11)6-7-13-4-2-3-5-15(13)16(18)19/h2-10H,1H3,(H,18,19)/b7-6+. The highest BCUT2D eigenvalue weighted by Crippen LogP contribution is 2.18. The van der Waals surface area contributed by atoms with E-state index in [1.807, 2.05) is 37.3 Å². The maximum absolute atomic E-state index is 11.1. The van der Waals surface area contributed by atoms with Crippen LogP contribution in [-0.4, -0.2) is 11.1 Å². The minimum atomic E-state index is -0.928. The van der Waals surface area contributed by atoms with Crippen molar-refractivity contribution in [3.05, 3.63) is 69.7 Å². The summed E-state index contributed by atoms with van der Waals surface area (Å²) in [5.41, 5.74) is 2.98. The first-order valence-electron chi connectivity index (χ1n) is 5.84. The molecule has 0 fully saturated rings. The fraction of sp³-hybridized carbons (Fsp3) is 0.0625. The molecule has 2 aromatic carbocycles. The van der Waals surface area contributed by atoms with Crippen LogP contribution >= 0.6 is 11.6 Å². The molecule has 0 aliphatic heterocycles. The average Bonchev–Trinajstić information content (AvgIpc) is 2.35. The molecule has 0 saturated carbocycles. The third-order valence-corrected chi connectivity index (χ3v) is 2.93. The molecule has 3 heteroatoms. The van der Waals surface area contributed by atoms with Crippen LogP contribution in [0.4, 0.5) is 0 Å². The van der Waals surface area contributed by atoms with Gasteiger partial charge in [-0.05, 0) is 41.8 Å². The maximum Gasteiger partial charge on any atom is 0.336 e. The number of rotatable bonds is 3. The molecule has 1 N–H and O–H groups in total. The van der Waals surface area contributed by atoms with E-state index in [0.717, 1.165) is 11.1 Å². The number of carboxylic acids is 1. The van der Waals surface area contributed by atoms with Crippen molar-refractivity contribution < 1.29 is 9.90 Å². The van der Waals surface area contributed by atoms with Gasteiger partial charge in [0.05, 0.1) is 5.56 Å². The van der Waals surface area contributed by atoms with Gasteiger partial charge in [0.1, 0.15) is 0 Å². The van der Waals surface area contributed by atoms with Gasteiger partial charge >= 0.3 is 5.97 Å². The Bertz CT molecular complexity index is 625. The van der Waals surface area contributed by atoms with Crippen LogP contribution in [0.5, 0.6) is 0 Å². The number of aromatic carboxylic acids is 1. The Morgan fingerprint density at radius 2 is 1.89 bits per heavy atom. The highest BCUT2D eigenvalue weighted by molar-refractivity contribution is 6.30. The second-order valence-electron chi connectivity index (χ2n) is 4.29. The third kappa shape index (κ3) is 3.46. The molecule has 19 heavy (non-hydrogen) atoms. The molecule has 0 unspecified atom stereocenters. The van der Waals surface area contributed by atoms with E-state index >= 15 is 0 Å². The van der Waals surface area contributed by atoms with Gasteiger partial charge in [0, 0.05) is 5.02 Å². The Balaban J connectivity index is 2.35. The number of hydrogen-bond donors (Lipinski definition) is 1. The van der Waals surface area contributed by atoms with E-state index in [1.165, 1.54) is 0 Å². The molecule has 2 aromatic rings. The number of carbonyl (C=O) groups is 1. The second kappa shape index (κ2) is 5.72. The zero-order valence-electron chi connectivity index (χ0n) is 10.4. The summed E-state index contributed by atoms with van der Waals surface area (Å²) < 4.78 is 0. The van der Waals surface area contributed by atoms with Crippen molar-refractivity contribution in [2.24, 2.45) is 0 Å². The van der Waals surface area contributed by atoms with Gasteiger partial charge in [-0.1, -0.05) is 48.0 Å². The summed E-state index contributed by atoms with van der Waals surface area (Å²) in [6.07, 6.45) is 3.65. The van der Waals surface area contributed by atoms with E-state index in [9.17, 15) is 4.79 Å². The van der Waals surface area contributed by atoms with Crippen LogP contribution in [0.3, 0.4) is 0 Å². The highest BCUT2D eigenvalue weighted by atomic mass is 35.5. The first-order chi connectivity index (χ1) is 9.06. The molecule has 0 aromatic heterocycles. The predicted molar refractivity (Wildman–Crippen MR) is 78.5 cm³/mol. The van der Waals surface area contributed by atoms with Gasteiger partial charge in [0.2, 0.25) is 0 Å². The predicted octanol–water partition coefficient (Wildman–Crippen LogP) is 4.52. The van der Waals surface area contributed by atoms with E-state index in [2.05, 4.69) is 0 Å². The molecule has 2 rings (SSSR count). The fourth-order valence-corrected chi connectivity index (χ4v) is 2.18. The highest BCUT2D eigenvalue weighted by Gasteiger charge is 2.05. The largest absolute Gasteiger partial charge is 0.478 e. The lowest BCUT2D eigenvalue weighted by atomic mass is 10.1. The smallest absolute Gasteiger partial charge is 0.336 e. The minimum absolute atomic E-state index is 0.289. The van der Waals surface area contributed by atoms with Crippen LogP contribution in [0, 0.1) is 6.92 Å². The van der Waals surface area contributed by atoms with Crippen LogP contribution in [-0.2, 0) is 0 Å². The van der Waals surface area contributed by atoms with Crippen molar-refractivity contribution in [2.75, 3.05) is 0 Å². The van der Waals surface area contributed by atoms with Gasteiger partial charge in [-0.25, -0.2) is 4.79 Å². The monoisotopic (exact) mass is 272 g/mol. The zero-order valence-corrected chi connectivity index (χ0v) is 11.2. The van der Waals surface area contributed by atoms with Crippen molar-refractivity contribution in [3.8, 4) is 0 Å². The summed E-state index contributed by atoms with van der Waals surface area (Å²) in [5.74, 6) is -0.928. The molecule has 0 bridgehead atoms. The van der Waals surface area contributed by atoms with Crippen LogP contribution in [0.2, 0.25) is 5.02 Å². The lowest BCUT2D eigenvalue weighted by Crippen LogP contribution is -1.98. The third-order valence-electron chi connectivity index (χ3n) is 2.71. The quantitative estimate of drug-likeness (QED) is 0.834. The number of benzene rings is 2. The molecule has 0 heterocycles. The molecule has 0 aliphatic carbocycles. The first-order valence-corrected chi connectivity index (χ1v) is 6.21. The SMILES string of the molecule is Cc1cc(Cl)cc(/C=C/c2ccccc2C(=O)O)c1. The van der Waals surface area contributed by atoms with E-state index in [1.54, 1.807) is 24.3 Å². The number of halogens is 1. The van der Waals surface area contributed by atoms with Gasteiger partial charge in [0.15, 0.2) is 0 Å². The summed E-state index contributed by atoms with van der Waals surface area (Å²) in [4.78, 5) is 11.1. The summed E-state index contributed by atoms with van der Waals surface area (Å²) in [6, 6.07) is 12.6. The Kier molecular flexibility index (Phi) is 4.03. The van der Waals surface area contributed by atoms with Gasteiger partial charge in [0.25, 0.3) is 0 Å². The Morgan fingerprint density at radius 3 is 2.58 bits per heavy atom. The van der Waals surface area contributed by atoms with E-state index in [4.69, 9.17) is 16.7 Å². The number of hydrogen-bond acceptors (Lipinski definition) is 1. The Hall–Kier alpha value is -2.06. The minimum Gasteiger partial charge on any atom is -0.478 e. The topological polar surface area (TPSA) is 37.3 Å². The van der Waals surface area contributed by atoms with Crippen molar-refractivity contribution in [3.63, 3.8) is 0 Å². The first kappa shape index (κ1) is 13.4. The Morgan fingerprint density at radius 1 is 1.16 bits per heavy atom. The van der Waals surface area contributed by atoms with Crippen molar-refractivity contribution >= 4 is 29.7 Å². The van der Waals surface area contributed by atoms with E-state index in [0.29, 0.717) is 10.6 Å². The molecule has 0 atom stereocenters. The average molecular weight is 273 g/mol. The van der Waals surface area contributed by atoms with Gasteiger partial charge < -0.3 is 5.11 Å². The second-order valence-corrected chi connectivity index (χ2v) is 4.72. The molecular weight excluding hydrogens is 260 g/mol. The molecule has 0 amide bonds. The zero-order chi connectivity index (χ0) is 13.8. The molecule has 0 radical (unpaired) electrons. The molecule has 96 valence electrons. The van der Waals surface area contributed by atoms with Crippen LogP contribution in [0.25, 0.3) is 12.2 Å². The van der Waals surface area contributed by atoms with Crippen LogP contribution in [0.1, 0.15) is 27.0 Å². The normalized spacial score (nSPS) is 10.8. The summed E-state index contributed by atoms with van der Waals surface area (Å²) in [6.45, 7) is 1.97.